The Morgan fingerprint density at radius 2 is 2.38 bits per heavy atom. The molecule has 1 aromatic rings. The van der Waals surface area contributed by atoms with Crippen molar-refractivity contribution in [2.75, 3.05) is 0 Å². The molecule has 4 heteroatoms. The van der Waals surface area contributed by atoms with Gasteiger partial charge in [-0.15, -0.1) is 0 Å². The maximum atomic E-state index is 11.4. The van der Waals surface area contributed by atoms with Gasteiger partial charge in [0.2, 0.25) is 0 Å². The summed E-state index contributed by atoms with van der Waals surface area (Å²) in [7, 11) is 0. The number of pyridine rings is 1. The largest absolute Gasteiger partial charge is 0.346 e. The third-order valence-electron chi connectivity index (χ3n) is 2.05. The number of hydrogen-bond donors (Lipinski definition) is 2. The van der Waals surface area contributed by atoms with Crippen LogP contribution in [0.3, 0.4) is 0 Å². The van der Waals surface area contributed by atoms with E-state index in [4.69, 9.17) is 5.73 Å². The molecule has 1 fully saturated rings. The van der Waals surface area contributed by atoms with E-state index in [1.807, 2.05) is 0 Å². The maximum Gasteiger partial charge on any atom is 0.270 e. The zero-order valence-electron chi connectivity index (χ0n) is 7.10. The van der Waals surface area contributed by atoms with Crippen LogP contribution in [0.25, 0.3) is 0 Å². The molecule has 13 heavy (non-hydrogen) atoms. The number of carbonyl (C=O) groups is 1. The molecule has 2 unspecified atom stereocenters. The van der Waals surface area contributed by atoms with Crippen LogP contribution in [0.2, 0.25) is 0 Å². The lowest BCUT2D eigenvalue weighted by molar-refractivity contribution is 0.0945. The third kappa shape index (κ3) is 1.84. The molecule has 3 N–H and O–H groups in total. The first-order valence-electron chi connectivity index (χ1n) is 4.25. The molecule has 0 aromatic carbocycles. The Kier molecular flexibility index (Phi) is 1.98. The number of rotatable bonds is 2. The molecule has 2 atom stereocenters. The van der Waals surface area contributed by atoms with Crippen molar-refractivity contribution in [1.29, 1.82) is 0 Å². The highest BCUT2D eigenvalue weighted by atomic mass is 16.2. The Labute approximate surface area is 76.2 Å². The van der Waals surface area contributed by atoms with E-state index in [2.05, 4.69) is 10.3 Å². The molecule has 2 rings (SSSR count). The van der Waals surface area contributed by atoms with Crippen LogP contribution in [-0.2, 0) is 0 Å². The highest BCUT2D eigenvalue weighted by molar-refractivity contribution is 5.92. The van der Waals surface area contributed by atoms with Gasteiger partial charge in [-0.1, -0.05) is 6.07 Å². The van der Waals surface area contributed by atoms with Gasteiger partial charge in [-0.25, -0.2) is 0 Å². The minimum absolute atomic E-state index is 0.132. The van der Waals surface area contributed by atoms with Crippen molar-refractivity contribution in [2.24, 2.45) is 5.73 Å². The first-order chi connectivity index (χ1) is 6.27. The van der Waals surface area contributed by atoms with Gasteiger partial charge < -0.3 is 11.1 Å². The van der Waals surface area contributed by atoms with Gasteiger partial charge in [-0.2, -0.15) is 0 Å². The van der Waals surface area contributed by atoms with Crippen LogP contribution in [0.4, 0.5) is 0 Å². The lowest BCUT2D eigenvalue weighted by atomic mass is 10.3. The zero-order valence-corrected chi connectivity index (χ0v) is 7.10. The van der Waals surface area contributed by atoms with Crippen molar-refractivity contribution in [3.05, 3.63) is 30.1 Å². The van der Waals surface area contributed by atoms with E-state index in [9.17, 15) is 4.79 Å². The quantitative estimate of drug-likeness (QED) is 0.663. The number of nitrogens with two attached hydrogens (primary N) is 1. The van der Waals surface area contributed by atoms with E-state index in [-0.39, 0.29) is 18.0 Å². The van der Waals surface area contributed by atoms with Crippen LogP contribution < -0.4 is 11.1 Å². The van der Waals surface area contributed by atoms with Crippen LogP contribution in [0.15, 0.2) is 24.4 Å². The summed E-state index contributed by atoms with van der Waals surface area (Å²) < 4.78 is 0. The highest BCUT2D eigenvalue weighted by Gasteiger charge is 2.34. The van der Waals surface area contributed by atoms with Crippen LogP contribution in [-0.4, -0.2) is 23.0 Å². The van der Waals surface area contributed by atoms with Gasteiger partial charge in [0.25, 0.3) is 5.91 Å². The SMILES string of the molecule is NC1CC1NC(=O)c1ccccn1. The second-order valence-electron chi connectivity index (χ2n) is 3.19. The standard InChI is InChI=1S/C9H11N3O/c10-6-5-8(6)12-9(13)7-3-1-2-4-11-7/h1-4,6,8H,5,10H2,(H,12,13). The predicted octanol–water partition coefficient (Wildman–Crippen LogP) is -0.0890. The van der Waals surface area contributed by atoms with Crippen molar-refractivity contribution >= 4 is 5.91 Å². The summed E-state index contributed by atoms with van der Waals surface area (Å²) in [5.41, 5.74) is 6.00. The van der Waals surface area contributed by atoms with Gasteiger partial charge in [0.1, 0.15) is 5.69 Å². The second kappa shape index (κ2) is 3.14. The van der Waals surface area contributed by atoms with Crippen molar-refractivity contribution in [3.63, 3.8) is 0 Å². The summed E-state index contributed by atoms with van der Waals surface area (Å²) in [6, 6.07) is 5.53. The first kappa shape index (κ1) is 8.19. The third-order valence-corrected chi connectivity index (χ3v) is 2.05. The second-order valence-corrected chi connectivity index (χ2v) is 3.19. The lowest BCUT2D eigenvalue weighted by Gasteiger charge is -2.01. The Balaban J connectivity index is 1.98. The van der Waals surface area contributed by atoms with Gasteiger partial charge in [0, 0.05) is 18.3 Å². The summed E-state index contributed by atoms with van der Waals surface area (Å²) in [5.74, 6) is -0.140. The summed E-state index contributed by atoms with van der Waals surface area (Å²) in [6.45, 7) is 0. The van der Waals surface area contributed by atoms with Crippen molar-refractivity contribution in [2.45, 2.75) is 18.5 Å². The van der Waals surface area contributed by atoms with Gasteiger partial charge >= 0.3 is 0 Å². The van der Waals surface area contributed by atoms with Gasteiger partial charge in [0.15, 0.2) is 0 Å². The maximum absolute atomic E-state index is 11.4. The fourth-order valence-electron chi connectivity index (χ4n) is 1.12. The lowest BCUT2D eigenvalue weighted by Crippen LogP contribution is -2.30. The van der Waals surface area contributed by atoms with Crippen molar-refractivity contribution < 1.29 is 4.79 Å². The molecule has 1 saturated carbocycles. The Morgan fingerprint density at radius 1 is 1.62 bits per heavy atom. The van der Waals surface area contributed by atoms with Crippen LogP contribution in [0, 0.1) is 0 Å². The molecule has 0 aliphatic heterocycles. The fourth-order valence-corrected chi connectivity index (χ4v) is 1.12. The van der Waals surface area contributed by atoms with Gasteiger partial charge in [-0.3, -0.25) is 9.78 Å². The molecular formula is C9H11N3O. The summed E-state index contributed by atoms with van der Waals surface area (Å²) in [6.07, 6.45) is 2.47. The summed E-state index contributed by atoms with van der Waals surface area (Å²) in [5, 5.41) is 2.79. The van der Waals surface area contributed by atoms with Crippen LogP contribution in [0.5, 0.6) is 0 Å². The molecule has 0 bridgehead atoms. The molecule has 0 saturated heterocycles. The zero-order chi connectivity index (χ0) is 9.26. The number of carbonyl (C=O) groups excluding carboxylic acids is 1. The Bertz CT molecular complexity index is 312. The molecule has 4 nitrogen and oxygen atoms in total. The Morgan fingerprint density at radius 3 is 2.92 bits per heavy atom. The number of amides is 1. The smallest absolute Gasteiger partial charge is 0.270 e. The molecule has 1 aromatic heterocycles. The first-order valence-corrected chi connectivity index (χ1v) is 4.25. The normalized spacial score (nSPS) is 25.3. The molecule has 1 amide bonds. The molecule has 0 radical (unpaired) electrons. The van der Waals surface area contributed by atoms with Gasteiger partial charge in [0.05, 0.1) is 0 Å². The number of aromatic nitrogens is 1. The Hall–Kier alpha value is -1.42. The van der Waals surface area contributed by atoms with E-state index in [0.29, 0.717) is 5.69 Å². The van der Waals surface area contributed by atoms with Crippen LogP contribution in [0.1, 0.15) is 16.9 Å². The average Bonchev–Trinajstić information content (AvgIpc) is 2.83. The van der Waals surface area contributed by atoms with E-state index < -0.39 is 0 Å². The minimum atomic E-state index is -0.140. The topological polar surface area (TPSA) is 68.0 Å². The number of nitrogens with zero attached hydrogens (tertiary/aromatic N) is 1. The minimum Gasteiger partial charge on any atom is -0.346 e. The van der Waals surface area contributed by atoms with E-state index in [1.54, 1.807) is 24.4 Å². The summed E-state index contributed by atoms with van der Waals surface area (Å²) >= 11 is 0. The predicted molar refractivity (Wildman–Crippen MR) is 48.1 cm³/mol. The van der Waals surface area contributed by atoms with Crippen molar-refractivity contribution in [1.82, 2.24) is 10.3 Å². The molecule has 1 aliphatic rings. The van der Waals surface area contributed by atoms with Crippen molar-refractivity contribution in [3.8, 4) is 0 Å². The molecular weight excluding hydrogens is 166 g/mol. The number of nitrogens with one attached hydrogen (secondary N) is 1. The summed E-state index contributed by atoms with van der Waals surface area (Å²) in [4.78, 5) is 15.3. The van der Waals surface area contributed by atoms with E-state index >= 15 is 0 Å². The number of hydrogen-bond acceptors (Lipinski definition) is 3. The monoisotopic (exact) mass is 177 g/mol. The van der Waals surface area contributed by atoms with E-state index in [0.717, 1.165) is 6.42 Å². The molecule has 0 spiro atoms. The molecule has 1 heterocycles. The fraction of sp³-hybridized carbons (Fsp3) is 0.333. The average molecular weight is 177 g/mol. The highest BCUT2D eigenvalue weighted by Crippen LogP contribution is 2.17. The molecule has 68 valence electrons. The molecule has 1 aliphatic carbocycles. The van der Waals surface area contributed by atoms with E-state index in [1.165, 1.54) is 0 Å². The van der Waals surface area contributed by atoms with Gasteiger partial charge in [-0.05, 0) is 18.6 Å². The van der Waals surface area contributed by atoms with Crippen LogP contribution >= 0.6 is 0 Å².